The van der Waals surface area contributed by atoms with Crippen LogP contribution in [0, 0.1) is 0 Å². The number of ether oxygens (including phenoxy) is 2. The van der Waals surface area contributed by atoms with E-state index in [9.17, 15) is 4.79 Å². The van der Waals surface area contributed by atoms with Crippen LogP contribution in [-0.4, -0.2) is 22.4 Å². The first-order valence-electron chi connectivity index (χ1n) is 6.26. The molecule has 2 N–H and O–H groups in total. The fourth-order valence-corrected chi connectivity index (χ4v) is 1.62. The molecular weight excluding hydrogens is 258 g/mol. The van der Waals surface area contributed by atoms with Gasteiger partial charge >= 0.3 is 5.97 Å². The Morgan fingerprint density at radius 3 is 2.95 bits per heavy atom. The van der Waals surface area contributed by atoms with Gasteiger partial charge in [-0.05, 0) is 18.2 Å². The summed E-state index contributed by atoms with van der Waals surface area (Å²) < 4.78 is 12.2. The zero-order valence-corrected chi connectivity index (χ0v) is 11.3. The molecule has 0 aliphatic carbocycles. The summed E-state index contributed by atoms with van der Waals surface area (Å²) in [5, 5.41) is 4.11. The zero-order chi connectivity index (χ0) is 14.4. The van der Waals surface area contributed by atoms with E-state index in [4.69, 9.17) is 15.2 Å². The molecule has 0 aliphatic rings. The van der Waals surface area contributed by atoms with Gasteiger partial charge in [0.25, 0.3) is 0 Å². The third-order valence-electron chi connectivity index (χ3n) is 2.58. The summed E-state index contributed by atoms with van der Waals surface area (Å²) in [6.45, 7) is 0.433. The second-order valence-electron chi connectivity index (χ2n) is 4.31. The molecule has 0 atom stereocenters. The Labute approximate surface area is 117 Å². The van der Waals surface area contributed by atoms with Crippen molar-refractivity contribution >= 4 is 11.7 Å². The number of carbonyl (C=O) groups is 1. The molecule has 1 aromatic carbocycles. The van der Waals surface area contributed by atoms with Crippen molar-refractivity contribution in [1.29, 1.82) is 0 Å². The van der Waals surface area contributed by atoms with Gasteiger partial charge in [0, 0.05) is 25.0 Å². The molecule has 0 saturated heterocycles. The van der Waals surface area contributed by atoms with E-state index in [-0.39, 0.29) is 25.6 Å². The number of anilines is 1. The van der Waals surface area contributed by atoms with Crippen LogP contribution in [0.3, 0.4) is 0 Å². The number of rotatable bonds is 6. The van der Waals surface area contributed by atoms with Crippen molar-refractivity contribution in [2.24, 2.45) is 7.05 Å². The first kappa shape index (κ1) is 13.9. The van der Waals surface area contributed by atoms with Gasteiger partial charge in [-0.1, -0.05) is 6.07 Å². The molecule has 0 aliphatic heterocycles. The van der Waals surface area contributed by atoms with Crippen molar-refractivity contribution < 1.29 is 14.3 Å². The SMILES string of the molecule is Cn1ccc(COC(=O)CCOc2cccc(N)c2)n1. The van der Waals surface area contributed by atoms with Gasteiger partial charge in [-0.25, -0.2) is 0 Å². The highest BCUT2D eigenvalue weighted by atomic mass is 16.5. The van der Waals surface area contributed by atoms with Crippen molar-refractivity contribution in [2.75, 3.05) is 12.3 Å². The van der Waals surface area contributed by atoms with Gasteiger partial charge in [0.05, 0.1) is 18.7 Å². The highest BCUT2D eigenvalue weighted by Crippen LogP contribution is 2.14. The van der Waals surface area contributed by atoms with E-state index < -0.39 is 0 Å². The Balaban J connectivity index is 1.67. The molecule has 0 radical (unpaired) electrons. The number of hydrogen-bond donors (Lipinski definition) is 1. The van der Waals surface area contributed by atoms with Gasteiger partial charge in [-0.2, -0.15) is 5.10 Å². The minimum atomic E-state index is -0.320. The maximum Gasteiger partial charge on any atom is 0.309 e. The molecule has 1 heterocycles. The van der Waals surface area contributed by atoms with Crippen molar-refractivity contribution in [3.8, 4) is 5.75 Å². The highest BCUT2D eigenvalue weighted by Gasteiger charge is 2.05. The summed E-state index contributed by atoms with van der Waals surface area (Å²) in [6, 6.07) is 8.86. The summed E-state index contributed by atoms with van der Waals surface area (Å²) in [5.41, 5.74) is 6.97. The average molecular weight is 275 g/mol. The maximum atomic E-state index is 11.5. The van der Waals surface area contributed by atoms with Crippen molar-refractivity contribution in [3.05, 3.63) is 42.2 Å². The summed E-state index contributed by atoms with van der Waals surface area (Å²) >= 11 is 0. The average Bonchev–Trinajstić information content (AvgIpc) is 2.82. The summed E-state index contributed by atoms with van der Waals surface area (Å²) in [5.74, 6) is 0.321. The van der Waals surface area contributed by atoms with Crippen LogP contribution in [0.2, 0.25) is 0 Å². The van der Waals surface area contributed by atoms with Crippen LogP contribution >= 0.6 is 0 Å². The normalized spacial score (nSPS) is 10.2. The number of nitrogen functional groups attached to an aromatic ring is 1. The first-order chi connectivity index (χ1) is 9.63. The van der Waals surface area contributed by atoms with E-state index in [2.05, 4.69) is 5.10 Å². The molecule has 20 heavy (non-hydrogen) atoms. The topological polar surface area (TPSA) is 79.4 Å². The van der Waals surface area contributed by atoms with Crippen LogP contribution in [0.25, 0.3) is 0 Å². The van der Waals surface area contributed by atoms with Gasteiger partial charge in [0.2, 0.25) is 0 Å². The third-order valence-corrected chi connectivity index (χ3v) is 2.58. The lowest BCUT2D eigenvalue weighted by Crippen LogP contribution is -2.10. The lowest BCUT2D eigenvalue weighted by atomic mass is 10.3. The summed E-state index contributed by atoms with van der Waals surface area (Å²) in [7, 11) is 1.81. The summed E-state index contributed by atoms with van der Waals surface area (Å²) in [4.78, 5) is 11.5. The number of nitrogens with two attached hydrogens (primary N) is 1. The third kappa shape index (κ3) is 4.31. The Bertz CT molecular complexity index is 581. The molecule has 1 aromatic heterocycles. The molecule has 0 bridgehead atoms. The smallest absolute Gasteiger partial charge is 0.309 e. The fourth-order valence-electron chi connectivity index (χ4n) is 1.62. The minimum absolute atomic E-state index is 0.179. The van der Waals surface area contributed by atoms with Crippen LogP contribution in [0.4, 0.5) is 5.69 Å². The van der Waals surface area contributed by atoms with Crippen LogP contribution in [0.5, 0.6) is 5.75 Å². The monoisotopic (exact) mass is 275 g/mol. The van der Waals surface area contributed by atoms with E-state index in [1.807, 2.05) is 7.05 Å². The number of aryl methyl sites for hydroxylation is 1. The van der Waals surface area contributed by atoms with E-state index in [1.165, 1.54) is 0 Å². The van der Waals surface area contributed by atoms with Gasteiger partial charge < -0.3 is 15.2 Å². The zero-order valence-electron chi connectivity index (χ0n) is 11.3. The number of aromatic nitrogens is 2. The van der Waals surface area contributed by atoms with E-state index in [1.54, 1.807) is 41.2 Å². The molecule has 6 heteroatoms. The first-order valence-corrected chi connectivity index (χ1v) is 6.26. The molecular formula is C14H17N3O3. The Morgan fingerprint density at radius 2 is 2.25 bits per heavy atom. The number of benzene rings is 1. The van der Waals surface area contributed by atoms with Crippen molar-refractivity contribution in [3.63, 3.8) is 0 Å². The Morgan fingerprint density at radius 1 is 1.40 bits per heavy atom. The van der Waals surface area contributed by atoms with E-state index in [0.717, 1.165) is 5.69 Å². The van der Waals surface area contributed by atoms with Gasteiger partial charge in [-0.15, -0.1) is 0 Å². The largest absolute Gasteiger partial charge is 0.493 e. The fraction of sp³-hybridized carbons (Fsp3) is 0.286. The lowest BCUT2D eigenvalue weighted by molar-refractivity contribution is -0.145. The molecule has 2 aromatic rings. The standard InChI is InChI=1S/C14H17N3O3/c1-17-7-5-12(16-17)10-20-14(18)6-8-19-13-4-2-3-11(15)9-13/h2-5,7,9H,6,8,10,15H2,1H3. The Kier molecular flexibility index (Phi) is 4.60. The maximum absolute atomic E-state index is 11.5. The highest BCUT2D eigenvalue weighted by molar-refractivity contribution is 5.69. The van der Waals surface area contributed by atoms with E-state index in [0.29, 0.717) is 11.4 Å². The molecule has 106 valence electrons. The Hall–Kier alpha value is -2.50. The minimum Gasteiger partial charge on any atom is -0.493 e. The van der Waals surface area contributed by atoms with Gasteiger partial charge in [-0.3, -0.25) is 9.48 Å². The predicted molar refractivity (Wildman–Crippen MR) is 74.0 cm³/mol. The molecule has 6 nitrogen and oxygen atoms in total. The molecule has 0 spiro atoms. The van der Waals surface area contributed by atoms with Gasteiger partial charge in [0.1, 0.15) is 12.4 Å². The predicted octanol–water partition coefficient (Wildman–Crippen LogP) is 1.51. The number of carbonyl (C=O) groups excluding carboxylic acids is 1. The number of hydrogen-bond acceptors (Lipinski definition) is 5. The number of esters is 1. The molecule has 0 saturated carbocycles. The number of nitrogens with zero attached hydrogens (tertiary/aromatic N) is 2. The molecule has 2 rings (SSSR count). The van der Waals surface area contributed by atoms with Gasteiger partial charge in [0.15, 0.2) is 0 Å². The second-order valence-corrected chi connectivity index (χ2v) is 4.31. The molecule has 0 fully saturated rings. The molecule has 0 unspecified atom stereocenters. The summed E-state index contributed by atoms with van der Waals surface area (Å²) in [6.07, 6.45) is 1.98. The lowest BCUT2D eigenvalue weighted by Gasteiger charge is -2.06. The van der Waals surface area contributed by atoms with Crippen LogP contribution in [0.1, 0.15) is 12.1 Å². The van der Waals surface area contributed by atoms with E-state index >= 15 is 0 Å². The molecule has 0 amide bonds. The van der Waals surface area contributed by atoms with Crippen LogP contribution in [0.15, 0.2) is 36.5 Å². The van der Waals surface area contributed by atoms with Crippen molar-refractivity contribution in [1.82, 2.24) is 9.78 Å². The van der Waals surface area contributed by atoms with Crippen molar-refractivity contribution in [2.45, 2.75) is 13.0 Å². The second kappa shape index (κ2) is 6.60. The van der Waals surface area contributed by atoms with Crippen LogP contribution < -0.4 is 10.5 Å². The quantitative estimate of drug-likeness (QED) is 0.638. The van der Waals surface area contributed by atoms with Crippen LogP contribution in [-0.2, 0) is 23.2 Å².